The molecule has 1 saturated heterocycles. The summed E-state index contributed by atoms with van der Waals surface area (Å²) in [5.41, 5.74) is 2.33. The molecule has 3 rings (SSSR count). The number of hydrogen-bond donors (Lipinski definition) is 1. The van der Waals surface area contributed by atoms with Gasteiger partial charge in [-0.15, -0.1) is 0 Å². The number of carbonyl (C=O) groups is 2. The largest absolute Gasteiger partial charge is 0.494 e. The molecular weight excluding hydrogens is 385 g/mol. The molecular formula is C23H28FN3O3. The first-order valence-electron chi connectivity index (χ1n) is 10.1. The average molecular weight is 413 g/mol. The highest BCUT2D eigenvalue weighted by atomic mass is 19.1. The fourth-order valence-corrected chi connectivity index (χ4v) is 3.37. The van der Waals surface area contributed by atoms with Crippen LogP contribution in [0.15, 0.2) is 42.5 Å². The minimum atomic E-state index is -0.429. The fraction of sp³-hybridized carbons (Fsp3) is 0.391. The molecule has 0 atom stereocenters. The lowest BCUT2D eigenvalue weighted by atomic mass is 10.1. The lowest BCUT2D eigenvalue weighted by molar-refractivity contribution is -0.121. The summed E-state index contributed by atoms with van der Waals surface area (Å²) in [6.07, 6.45) is 0.719. The van der Waals surface area contributed by atoms with Crippen LogP contribution in [0.1, 0.15) is 27.9 Å². The highest BCUT2D eigenvalue weighted by Crippen LogP contribution is 2.18. The lowest BCUT2D eigenvalue weighted by Gasteiger charge is -2.32. The first-order chi connectivity index (χ1) is 14.5. The molecule has 0 bridgehead atoms. The Bertz CT molecular complexity index is 878. The summed E-state index contributed by atoms with van der Waals surface area (Å²) >= 11 is 0. The van der Waals surface area contributed by atoms with Gasteiger partial charge in [-0.3, -0.25) is 9.59 Å². The third kappa shape index (κ3) is 5.79. The first-order valence-corrected chi connectivity index (χ1v) is 10.1. The van der Waals surface area contributed by atoms with Crippen LogP contribution in [-0.2, 0) is 17.8 Å². The number of likely N-dealkylation sites (N-methyl/N-ethyl adjacent to an activating group) is 1. The second-order valence-electron chi connectivity index (χ2n) is 7.54. The van der Waals surface area contributed by atoms with Crippen molar-refractivity contribution >= 4 is 11.8 Å². The summed E-state index contributed by atoms with van der Waals surface area (Å²) in [7, 11) is 3.47. The highest BCUT2D eigenvalue weighted by molar-refractivity contribution is 5.94. The normalized spacial score (nSPS) is 14.4. The number of amides is 2. The van der Waals surface area contributed by atoms with E-state index in [9.17, 15) is 14.0 Å². The van der Waals surface area contributed by atoms with E-state index in [4.69, 9.17) is 4.74 Å². The zero-order valence-corrected chi connectivity index (χ0v) is 17.5. The molecule has 0 aromatic heterocycles. The summed E-state index contributed by atoms with van der Waals surface area (Å²) in [6.45, 7) is 3.65. The Labute approximate surface area is 176 Å². The van der Waals surface area contributed by atoms with E-state index in [-0.39, 0.29) is 24.0 Å². The van der Waals surface area contributed by atoms with Crippen LogP contribution >= 0.6 is 0 Å². The fourth-order valence-electron chi connectivity index (χ4n) is 3.37. The predicted molar refractivity (Wildman–Crippen MR) is 113 cm³/mol. The number of halogens is 1. The number of aryl methyl sites for hydroxylation is 1. The van der Waals surface area contributed by atoms with Crippen LogP contribution < -0.4 is 10.1 Å². The Balaban J connectivity index is 1.44. The number of rotatable bonds is 7. The second kappa shape index (κ2) is 10.2. The number of ether oxygens (including phenoxy) is 1. The van der Waals surface area contributed by atoms with Crippen LogP contribution in [0.4, 0.5) is 4.39 Å². The summed E-state index contributed by atoms with van der Waals surface area (Å²) in [4.78, 5) is 28.8. The zero-order chi connectivity index (χ0) is 21.5. The number of piperazine rings is 1. The Morgan fingerprint density at radius 1 is 1.03 bits per heavy atom. The standard InChI is InChI=1S/C23H28FN3O3/c1-26-11-13-27(14-12-26)23(29)19-7-3-18(4-8-19)16-25-22(28)10-6-17-5-9-21(30-2)20(24)15-17/h3-5,7-9,15H,6,10-14,16H2,1-2H3,(H,25,28). The molecule has 1 N–H and O–H groups in total. The van der Waals surface area contributed by atoms with E-state index >= 15 is 0 Å². The van der Waals surface area contributed by atoms with Crippen molar-refractivity contribution in [3.63, 3.8) is 0 Å². The molecule has 0 radical (unpaired) electrons. The molecule has 1 aliphatic heterocycles. The second-order valence-corrected chi connectivity index (χ2v) is 7.54. The van der Waals surface area contributed by atoms with Gasteiger partial charge in [-0.1, -0.05) is 18.2 Å². The molecule has 160 valence electrons. The number of benzene rings is 2. The number of hydrogen-bond acceptors (Lipinski definition) is 4. The Kier molecular flexibility index (Phi) is 7.41. The minimum Gasteiger partial charge on any atom is -0.494 e. The minimum absolute atomic E-state index is 0.0467. The molecule has 1 heterocycles. The topological polar surface area (TPSA) is 61.9 Å². The van der Waals surface area contributed by atoms with Crippen LogP contribution in [0.2, 0.25) is 0 Å². The van der Waals surface area contributed by atoms with E-state index in [2.05, 4.69) is 17.3 Å². The van der Waals surface area contributed by atoms with Crippen molar-refractivity contribution in [2.24, 2.45) is 0 Å². The van der Waals surface area contributed by atoms with Gasteiger partial charge in [0.05, 0.1) is 7.11 Å². The van der Waals surface area contributed by atoms with Crippen molar-refractivity contribution in [2.75, 3.05) is 40.3 Å². The van der Waals surface area contributed by atoms with E-state index < -0.39 is 5.82 Å². The van der Waals surface area contributed by atoms with Gasteiger partial charge in [0, 0.05) is 44.7 Å². The van der Waals surface area contributed by atoms with Crippen LogP contribution in [0.25, 0.3) is 0 Å². The lowest BCUT2D eigenvalue weighted by Crippen LogP contribution is -2.47. The monoisotopic (exact) mass is 413 g/mol. The van der Waals surface area contributed by atoms with Gasteiger partial charge in [0.2, 0.25) is 5.91 Å². The third-order valence-electron chi connectivity index (χ3n) is 5.34. The maximum absolute atomic E-state index is 13.7. The molecule has 0 unspecified atom stereocenters. The summed E-state index contributed by atoms with van der Waals surface area (Å²) in [6, 6.07) is 12.1. The van der Waals surface area contributed by atoms with Crippen molar-refractivity contribution in [1.82, 2.24) is 15.1 Å². The summed E-state index contributed by atoms with van der Waals surface area (Å²) in [5, 5.41) is 2.87. The van der Waals surface area contributed by atoms with Crippen molar-refractivity contribution < 1.29 is 18.7 Å². The molecule has 2 aromatic rings. The molecule has 0 saturated carbocycles. The molecule has 0 aliphatic carbocycles. The van der Waals surface area contributed by atoms with Gasteiger partial charge in [0.1, 0.15) is 0 Å². The van der Waals surface area contributed by atoms with Crippen molar-refractivity contribution in [3.8, 4) is 5.75 Å². The molecule has 30 heavy (non-hydrogen) atoms. The van der Waals surface area contributed by atoms with E-state index in [1.54, 1.807) is 12.1 Å². The predicted octanol–water partition coefficient (Wildman–Crippen LogP) is 2.47. The van der Waals surface area contributed by atoms with E-state index in [1.165, 1.54) is 13.2 Å². The Hall–Kier alpha value is -2.93. The molecule has 1 aliphatic rings. The maximum atomic E-state index is 13.7. The Morgan fingerprint density at radius 2 is 1.70 bits per heavy atom. The van der Waals surface area contributed by atoms with Gasteiger partial charge in [-0.2, -0.15) is 0 Å². The van der Waals surface area contributed by atoms with E-state index in [0.29, 0.717) is 18.5 Å². The molecule has 0 spiro atoms. The van der Waals surface area contributed by atoms with Gasteiger partial charge in [-0.25, -0.2) is 4.39 Å². The van der Waals surface area contributed by atoms with Gasteiger partial charge in [0.25, 0.3) is 5.91 Å². The molecule has 1 fully saturated rings. The van der Waals surface area contributed by atoms with Crippen molar-refractivity contribution in [3.05, 3.63) is 65.0 Å². The van der Waals surface area contributed by atoms with Crippen LogP contribution in [0.3, 0.4) is 0 Å². The first kappa shape index (κ1) is 21.8. The Morgan fingerprint density at radius 3 is 2.33 bits per heavy atom. The van der Waals surface area contributed by atoms with E-state index in [0.717, 1.165) is 37.3 Å². The van der Waals surface area contributed by atoms with Crippen molar-refractivity contribution in [2.45, 2.75) is 19.4 Å². The number of nitrogens with zero attached hydrogens (tertiary/aromatic N) is 2. The van der Waals surface area contributed by atoms with Crippen molar-refractivity contribution in [1.29, 1.82) is 0 Å². The van der Waals surface area contributed by atoms with Gasteiger partial charge < -0.3 is 19.9 Å². The number of methoxy groups -OCH3 is 1. The molecule has 7 heteroatoms. The van der Waals surface area contributed by atoms with Crippen LogP contribution in [0, 0.1) is 5.82 Å². The van der Waals surface area contributed by atoms with Gasteiger partial charge >= 0.3 is 0 Å². The molecule has 6 nitrogen and oxygen atoms in total. The average Bonchev–Trinajstić information content (AvgIpc) is 2.77. The summed E-state index contributed by atoms with van der Waals surface area (Å²) < 4.78 is 18.6. The maximum Gasteiger partial charge on any atom is 0.253 e. The van der Waals surface area contributed by atoms with Gasteiger partial charge in [-0.05, 0) is 48.9 Å². The van der Waals surface area contributed by atoms with E-state index in [1.807, 2.05) is 29.2 Å². The van der Waals surface area contributed by atoms with Crippen LogP contribution in [-0.4, -0.2) is 62.0 Å². The smallest absolute Gasteiger partial charge is 0.253 e. The van der Waals surface area contributed by atoms with Crippen LogP contribution in [0.5, 0.6) is 5.75 Å². The molecule has 2 amide bonds. The third-order valence-corrected chi connectivity index (χ3v) is 5.34. The highest BCUT2D eigenvalue weighted by Gasteiger charge is 2.20. The van der Waals surface area contributed by atoms with Gasteiger partial charge in [0.15, 0.2) is 11.6 Å². The zero-order valence-electron chi connectivity index (χ0n) is 17.5. The summed E-state index contributed by atoms with van der Waals surface area (Å²) in [5.74, 6) is -0.298. The number of carbonyl (C=O) groups excluding carboxylic acids is 2. The quantitative estimate of drug-likeness (QED) is 0.758. The number of nitrogens with one attached hydrogen (secondary N) is 1. The SMILES string of the molecule is COc1ccc(CCC(=O)NCc2ccc(C(=O)N3CCN(C)CC3)cc2)cc1F. The molecule has 2 aromatic carbocycles.